The van der Waals surface area contributed by atoms with Crippen LogP contribution in [0.25, 0.3) is 5.65 Å². The average Bonchev–Trinajstić information content (AvgIpc) is 2.96. The van der Waals surface area contributed by atoms with Crippen LogP contribution >= 0.6 is 11.3 Å². The molecule has 0 spiro atoms. The van der Waals surface area contributed by atoms with Gasteiger partial charge in [0, 0.05) is 28.1 Å². The maximum Gasteiger partial charge on any atom is 0.137 e. The zero-order valence-corrected chi connectivity index (χ0v) is 13.0. The Hall–Kier alpha value is -1.53. The Kier molecular flexibility index (Phi) is 3.67. The molecule has 3 aromatic heterocycles. The van der Waals surface area contributed by atoms with E-state index in [1.165, 1.54) is 0 Å². The number of hydrogen-bond acceptors (Lipinski definition) is 4. The number of hydrogen-bond donors (Lipinski definition) is 0. The fourth-order valence-corrected chi connectivity index (χ4v) is 3.89. The van der Waals surface area contributed by atoms with Crippen LogP contribution in [0.3, 0.4) is 0 Å². The van der Waals surface area contributed by atoms with Gasteiger partial charge < -0.3 is 4.40 Å². The molecule has 0 radical (unpaired) electrons. The summed E-state index contributed by atoms with van der Waals surface area (Å²) in [5.41, 5.74) is 3.80. The summed E-state index contributed by atoms with van der Waals surface area (Å²) in [6.07, 6.45) is 1.97. The lowest BCUT2D eigenvalue weighted by Gasteiger charge is -1.97. The van der Waals surface area contributed by atoms with Crippen molar-refractivity contribution in [1.82, 2.24) is 14.4 Å². The topological polar surface area (TPSA) is 47.3 Å². The number of pyridine rings is 1. The van der Waals surface area contributed by atoms with Gasteiger partial charge >= 0.3 is 0 Å². The molecular weight excluding hydrogens is 290 g/mol. The van der Waals surface area contributed by atoms with Gasteiger partial charge in [0.15, 0.2) is 0 Å². The molecule has 3 heterocycles. The number of imidazole rings is 1. The van der Waals surface area contributed by atoms with E-state index in [1.54, 1.807) is 11.3 Å². The lowest BCUT2D eigenvalue weighted by Crippen LogP contribution is -2.00. The molecule has 0 fully saturated rings. The Balaban J connectivity index is 1.75. The van der Waals surface area contributed by atoms with E-state index in [-0.39, 0.29) is 0 Å². The van der Waals surface area contributed by atoms with Gasteiger partial charge in [-0.3, -0.25) is 4.21 Å². The van der Waals surface area contributed by atoms with E-state index >= 15 is 0 Å². The van der Waals surface area contributed by atoms with Crippen molar-refractivity contribution >= 4 is 27.8 Å². The molecule has 0 aliphatic carbocycles. The second-order valence-corrected chi connectivity index (χ2v) is 7.23. The van der Waals surface area contributed by atoms with Crippen molar-refractivity contribution in [3.8, 4) is 0 Å². The number of thiazole rings is 1. The van der Waals surface area contributed by atoms with Crippen LogP contribution in [-0.4, -0.2) is 18.6 Å². The Morgan fingerprint density at radius 2 is 2.00 bits per heavy atom. The first-order valence-electron chi connectivity index (χ1n) is 6.31. The molecule has 4 nitrogen and oxygen atoms in total. The van der Waals surface area contributed by atoms with E-state index in [0.29, 0.717) is 11.5 Å². The summed E-state index contributed by atoms with van der Waals surface area (Å²) in [6, 6.07) is 5.98. The first-order valence-corrected chi connectivity index (χ1v) is 8.68. The van der Waals surface area contributed by atoms with Crippen molar-refractivity contribution in [2.24, 2.45) is 0 Å². The van der Waals surface area contributed by atoms with E-state index in [0.717, 1.165) is 27.7 Å². The minimum Gasteiger partial charge on any atom is -0.304 e. The lowest BCUT2D eigenvalue weighted by molar-refractivity contribution is 0.681. The highest BCUT2D eigenvalue weighted by Gasteiger charge is 2.09. The van der Waals surface area contributed by atoms with Gasteiger partial charge in [0.1, 0.15) is 5.65 Å². The third kappa shape index (κ3) is 2.81. The van der Waals surface area contributed by atoms with E-state index in [1.807, 2.05) is 48.0 Å². The number of fused-ring (bicyclic) bond motifs is 1. The number of aryl methyl sites for hydroxylation is 2. The SMILES string of the molecule is Cc1nc(CS(=O)Cc2cn3c(C)cccc3n2)cs1. The molecule has 0 saturated carbocycles. The summed E-state index contributed by atoms with van der Waals surface area (Å²) in [4.78, 5) is 8.86. The fraction of sp³-hybridized carbons (Fsp3) is 0.286. The predicted molar refractivity (Wildman–Crippen MR) is 82.3 cm³/mol. The van der Waals surface area contributed by atoms with Crippen molar-refractivity contribution in [1.29, 1.82) is 0 Å². The summed E-state index contributed by atoms with van der Waals surface area (Å²) < 4.78 is 14.2. The van der Waals surface area contributed by atoms with E-state index in [9.17, 15) is 4.21 Å². The van der Waals surface area contributed by atoms with Crippen LogP contribution in [0.2, 0.25) is 0 Å². The van der Waals surface area contributed by atoms with Crippen LogP contribution in [-0.2, 0) is 22.3 Å². The average molecular weight is 305 g/mol. The number of rotatable bonds is 4. The van der Waals surface area contributed by atoms with Crippen LogP contribution in [0, 0.1) is 13.8 Å². The van der Waals surface area contributed by atoms with E-state index in [2.05, 4.69) is 9.97 Å². The fourth-order valence-electron chi connectivity index (χ4n) is 2.12. The highest BCUT2D eigenvalue weighted by molar-refractivity contribution is 7.83. The molecule has 0 aliphatic rings. The van der Waals surface area contributed by atoms with Gasteiger partial charge in [-0.15, -0.1) is 11.3 Å². The Morgan fingerprint density at radius 3 is 2.70 bits per heavy atom. The largest absolute Gasteiger partial charge is 0.304 e. The monoisotopic (exact) mass is 305 g/mol. The lowest BCUT2D eigenvalue weighted by atomic mass is 10.4. The van der Waals surface area contributed by atoms with Gasteiger partial charge in [0.05, 0.1) is 27.9 Å². The summed E-state index contributed by atoms with van der Waals surface area (Å²) in [7, 11) is -0.974. The van der Waals surface area contributed by atoms with Gasteiger partial charge in [-0.25, -0.2) is 9.97 Å². The van der Waals surface area contributed by atoms with E-state index in [4.69, 9.17) is 0 Å². The molecule has 104 valence electrons. The van der Waals surface area contributed by atoms with Crippen LogP contribution in [0.4, 0.5) is 0 Å². The van der Waals surface area contributed by atoms with Crippen LogP contribution in [0.15, 0.2) is 29.8 Å². The maximum absolute atomic E-state index is 12.2. The van der Waals surface area contributed by atoms with Crippen LogP contribution in [0.1, 0.15) is 22.1 Å². The predicted octanol–water partition coefficient (Wildman–Crippen LogP) is 2.86. The normalized spacial score (nSPS) is 12.9. The molecule has 20 heavy (non-hydrogen) atoms. The highest BCUT2D eigenvalue weighted by atomic mass is 32.2. The second kappa shape index (κ2) is 5.46. The van der Waals surface area contributed by atoms with Crippen molar-refractivity contribution in [2.45, 2.75) is 25.4 Å². The number of nitrogens with zero attached hydrogens (tertiary/aromatic N) is 3. The van der Waals surface area contributed by atoms with Crippen molar-refractivity contribution in [2.75, 3.05) is 0 Å². The third-order valence-electron chi connectivity index (χ3n) is 3.03. The standard InChI is InChI=1S/C14H15N3OS2/c1-10-4-3-5-14-16-12(6-17(10)14)8-20(18)9-13-7-19-11(2)15-13/h3-7H,8-9H2,1-2H3. The molecule has 0 N–H and O–H groups in total. The first-order chi connectivity index (χ1) is 9.61. The summed E-state index contributed by atoms with van der Waals surface area (Å²) in [5, 5.41) is 2.99. The van der Waals surface area contributed by atoms with Gasteiger partial charge in [0.2, 0.25) is 0 Å². The molecule has 1 atom stereocenters. The second-order valence-electron chi connectivity index (χ2n) is 4.71. The Morgan fingerprint density at radius 1 is 1.20 bits per heavy atom. The summed E-state index contributed by atoms with van der Waals surface area (Å²) >= 11 is 1.59. The minimum atomic E-state index is -0.974. The number of aromatic nitrogens is 3. The van der Waals surface area contributed by atoms with E-state index < -0.39 is 10.8 Å². The zero-order chi connectivity index (χ0) is 14.1. The van der Waals surface area contributed by atoms with Gasteiger partial charge in [-0.2, -0.15) is 0 Å². The van der Waals surface area contributed by atoms with Gasteiger partial charge in [-0.05, 0) is 26.0 Å². The van der Waals surface area contributed by atoms with Crippen molar-refractivity contribution in [3.63, 3.8) is 0 Å². The van der Waals surface area contributed by atoms with Crippen LogP contribution < -0.4 is 0 Å². The molecule has 0 aliphatic heterocycles. The highest BCUT2D eigenvalue weighted by Crippen LogP contribution is 2.14. The molecule has 3 rings (SSSR count). The first kappa shape index (κ1) is 13.5. The quantitative estimate of drug-likeness (QED) is 0.744. The molecular formula is C14H15N3OS2. The molecule has 0 aromatic carbocycles. The third-order valence-corrected chi connectivity index (χ3v) is 5.09. The van der Waals surface area contributed by atoms with Crippen molar-refractivity contribution in [3.05, 3.63) is 51.9 Å². The smallest absolute Gasteiger partial charge is 0.137 e. The van der Waals surface area contributed by atoms with Crippen LogP contribution in [0.5, 0.6) is 0 Å². The minimum absolute atomic E-state index is 0.470. The summed E-state index contributed by atoms with van der Waals surface area (Å²) in [5.74, 6) is 0.967. The molecule has 1 unspecified atom stereocenters. The molecule has 0 bridgehead atoms. The molecule has 0 saturated heterocycles. The molecule has 0 amide bonds. The maximum atomic E-state index is 12.2. The van der Waals surface area contributed by atoms with Crippen molar-refractivity contribution < 1.29 is 4.21 Å². The van der Waals surface area contributed by atoms with Gasteiger partial charge in [0.25, 0.3) is 0 Å². The van der Waals surface area contributed by atoms with Gasteiger partial charge in [-0.1, -0.05) is 6.07 Å². The molecule has 3 aromatic rings. The Bertz CT molecular complexity index is 776. The summed E-state index contributed by atoms with van der Waals surface area (Å²) in [6.45, 7) is 4.00. The Labute approximate surface area is 124 Å². The molecule has 6 heteroatoms. The zero-order valence-electron chi connectivity index (χ0n) is 11.4.